The van der Waals surface area contributed by atoms with Crippen molar-refractivity contribution >= 4 is 51.5 Å². The number of thioether (sulfide) groups is 1. The maximum Gasteiger partial charge on any atom is 0.250 e. The van der Waals surface area contributed by atoms with Crippen LogP contribution in [0.15, 0.2) is 53.7 Å². The third-order valence-electron chi connectivity index (χ3n) is 5.61. The molecule has 2 aromatic heterocycles. The predicted octanol–water partition coefficient (Wildman–Crippen LogP) is 3.83. The molecule has 0 bridgehead atoms. The first-order valence-electron chi connectivity index (χ1n) is 10.3. The lowest BCUT2D eigenvalue weighted by atomic mass is 9.96. The van der Waals surface area contributed by atoms with Crippen LogP contribution in [0.1, 0.15) is 26.6 Å². The van der Waals surface area contributed by atoms with E-state index in [4.69, 9.17) is 4.98 Å². The van der Waals surface area contributed by atoms with Crippen LogP contribution in [0, 0.1) is 6.92 Å². The molecule has 2 aromatic carbocycles. The Morgan fingerprint density at radius 1 is 1.09 bits per heavy atom. The first-order chi connectivity index (χ1) is 15.3. The number of nitrogens with zero attached hydrogens (tertiary/aromatic N) is 5. The van der Waals surface area contributed by atoms with Crippen LogP contribution in [-0.4, -0.2) is 42.2 Å². The van der Waals surface area contributed by atoms with Crippen molar-refractivity contribution in [3.63, 3.8) is 0 Å². The first-order valence-corrected chi connectivity index (χ1v) is 11.2. The molecule has 0 saturated heterocycles. The fourth-order valence-corrected chi connectivity index (χ4v) is 4.85. The van der Waals surface area contributed by atoms with Crippen LogP contribution in [0.2, 0.25) is 0 Å². The van der Waals surface area contributed by atoms with Gasteiger partial charge in [0.1, 0.15) is 11.4 Å². The number of aryl methyl sites for hydroxylation is 1. The van der Waals surface area contributed by atoms with E-state index in [1.165, 1.54) is 11.8 Å². The van der Waals surface area contributed by atoms with E-state index in [2.05, 4.69) is 15.4 Å². The van der Waals surface area contributed by atoms with Crippen molar-refractivity contribution < 1.29 is 9.59 Å². The number of anilines is 2. The highest BCUT2D eigenvalue weighted by Gasteiger charge is 2.45. The van der Waals surface area contributed by atoms with E-state index < -0.39 is 10.8 Å². The summed E-state index contributed by atoms with van der Waals surface area (Å²) in [5.41, 5.74) is 1.77. The fraction of sp³-hybridized carbons (Fsp3) is 0.261. The fourth-order valence-electron chi connectivity index (χ4n) is 3.95. The largest absolute Gasteiger partial charge is 0.322 e. The zero-order valence-corrected chi connectivity index (χ0v) is 19.0. The Bertz CT molecular complexity index is 1400. The number of nitrogens with one attached hydrogen (secondary N) is 1. The molecule has 0 aliphatic carbocycles. The van der Waals surface area contributed by atoms with Crippen LogP contribution >= 0.6 is 11.8 Å². The minimum Gasteiger partial charge on any atom is -0.322 e. The van der Waals surface area contributed by atoms with Crippen LogP contribution in [0.4, 0.5) is 11.4 Å². The highest BCUT2D eigenvalue weighted by Crippen LogP contribution is 2.38. The molecule has 0 spiro atoms. The van der Waals surface area contributed by atoms with Crippen molar-refractivity contribution in [1.82, 2.24) is 19.6 Å². The number of rotatable bonds is 3. The molecule has 2 amide bonds. The number of fused-ring (bicyclic) bond motifs is 4. The van der Waals surface area contributed by atoms with Crippen LogP contribution in [0.25, 0.3) is 16.6 Å². The second kappa shape index (κ2) is 7.30. The summed E-state index contributed by atoms with van der Waals surface area (Å²) in [6.07, 6.45) is 0. The Morgan fingerprint density at radius 3 is 2.62 bits per heavy atom. The molecule has 3 heterocycles. The molecule has 1 atom stereocenters. The molecule has 32 heavy (non-hydrogen) atoms. The summed E-state index contributed by atoms with van der Waals surface area (Å²) in [5.74, 6) is 0.230. The van der Waals surface area contributed by atoms with Gasteiger partial charge in [0.15, 0.2) is 10.8 Å². The second-order valence-electron chi connectivity index (χ2n) is 8.27. The highest BCUT2D eigenvalue weighted by molar-refractivity contribution is 8.00. The van der Waals surface area contributed by atoms with E-state index >= 15 is 0 Å². The molecular weight excluding hydrogens is 424 g/mol. The maximum absolute atomic E-state index is 13.7. The molecule has 0 radical (unpaired) electrons. The van der Waals surface area contributed by atoms with Gasteiger partial charge in [0.2, 0.25) is 11.8 Å². The van der Waals surface area contributed by atoms with Gasteiger partial charge in [-0.3, -0.25) is 14.5 Å². The number of aromatic nitrogens is 4. The van der Waals surface area contributed by atoms with E-state index in [-0.39, 0.29) is 11.8 Å². The van der Waals surface area contributed by atoms with Gasteiger partial charge in [-0.05, 0) is 52.0 Å². The van der Waals surface area contributed by atoms with E-state index in [9.17, 15) is 9.59 Å². The van der Waals surface area contributed by atoms with Crippen LogP contribution in [0.5, 0.6) is 0 Å². The van der Waals surface area contributed by atoms with Crippen molar-refractivity contribution in [3.05, 3.63) is 54.4 Å². The average Bonchev–Trinajstić information content (AvgIpc) is 3.16. The number of hydrogen-bond donors (Lipinski definition) is 1. The topological polar surface area (TPSA) is 92.5 Å². The molecule has 1 unspecified atom stereocenters. The van der Waals surface area contributed by atoms with Gasteiger partial charge in [-0.25, -0.2) is 9.97 Å². The minimum atomic E-state index is -1.03. The summed E-state index contributed by atoms with van der Waals surface area (Å²) >= 11 is 1.31. The monoisotopic (exact) mass is 446 g/mol. The normalized spacial score (nSPS) is 16.1. The lowest BCUT2D eigenvalue weighted by Crippen LogP contribution is -2.60. The summed E-state index contributed by atoms with van der Waals surface area (Å²) in [6.45, 7) is 7.16. The van der Waals surface area contributed by atoms with Gasteiger partial charge in [-0.2, -0.15) is 4.52 Å². The summed E-state index contributed by atoms with van der Waals surface area (Å²) in [4.78, 5) is 37.3. The van der Waals surface area contributed by atoms with Gasteiger partial charge in [0.05, 0.1) is 22.1 Å². The molecule has 1 aliphatic rings. The van der Waals surface area contributed by atoms with E-state index in [1.54, 1.807) is 29.3 Å². The van der Waals surface area contributed by atoms with Gasteiger partial charge in [-0.15, -0.1) is 5.10 Å². The second-order valence-corrected chi connectivity index (χ2v) is 9.58. The van der Waals surface area contributed by atoms with Crippen LogP contribution in [-0.2, 0) is 9.59 Å². The maximum atomic E-state index is 13.7. The van der Waals surface area contributed by atoms with Crippen molar-refractivity contribution in [1.29, 1.82) is 0 Å². The first kappa shape index (κ1) is 20.4. The Labute approximate surface area is 189 Å². The minimum absolute atomic E-state index is 0.178. The Morgan fingerprint density at radius 2 is 1.81 bits per heavy atom. The third kappa shape index (κ3) is 3.12. The number of hydrogen-bond acceptors (Lipinski definition) is 6. The number of benzene rings is 2. The molecule has 5 rings (SSSR count). The third-order valence-corrected chi connectivity index (χ3v) is 6.64. The molecule has 4 aromatic rings. The molecular formula is C23H22N6O2S. The average molecular weight is 447 g/mol. The molecule has 1 aliphatic heterocycles. The van der Waals surface area contributed by atoms with E-state index in [0.717, 1.165) is 10.9 Å². The zero-order chi connectivity index (χ0) is 22.6. The van der Waals surface area contributed by atoms with E-state index in [0.29, 0.717) is 28.0 Å². The van der Waals surface area contributed by atoms with Gasteiger partial charge in [0.25, 0.3) is 0 Å². The summed E-state index contributed by atoms with van der Waals surface area (Å²) in [5, 5.41) is 8.35. The quantitative estimate of drug-likeness (QED) is 0.380. The highest BCUT2D eigenvalue weighted by atomic mass is 32.2. The number of amides is 2. The SMILES string of the molecule is Cc1nc2c3ccccc3nc(SC(C)C(=O)N3c4ccccc4NC(=O)C3(C)C)n2n1. The Balaban J connectivity index is 1.55. The molecule has 8 nitrogen and oxygen atoms in total. The van der Waals surface area contributed by atoms with Gasteiger partial charge in [-0.1, -0.05) is 36.0 Å². The number of para-hydroxylation sites is 3. The molecule has 0 saturated carbocycles. The summed E-state index contributed by atoms with van der Waals surface area (Å²) in [7, 11) is 0. The van der Waals surface area contributed by atoms with E-state index in [1.807, 2.05) is 56.3 Å². The van der Waals surface area contributed by atoms with Crippen LogP contribution < -0.4 is 10.2 Å². The van der Waals surface area contributed by atoms with Crippen molar-refractivity contribution in [2.45, 2.75) is 43.6 Å². The van der Waals surface area contributed by atoms with Crippen LogP contribution in [0.3, 0.4) is 0 Å². The molecule has 162 valence electrons. The zero-order valence-electron chi connectivity index (χ0n) is 18.2. The van der Waals surface area contributed by atoms with Gasteiger partial charge in [0, 0.05) is 5.39 Å². The predicted molar refractivity (Wildman–Crippen MR) is 125 cm³/mol. The van der Waals surface area contributed by atoms with Crippen molar-refractivity contribution in [2.75, 3.05) is 10.2 Å². The Hall–Kier alpha value is -3.46. The van der Waals surface area contributed by atoms with Gasteiger partial charge >= 0.3 is 0 Å². The smallest absolute Gasteiger partial charge is 0.250 e. The summed E-state index contributed by atoms with van der Waals surface area (Å²) < 4.78 is 1.69. The molecule has 1 N–H and O–H groups in total. The number of carbonyl (C=O) groups is 2. The van der Waals surface area contributed by atoms with Gasteiger partial charge < -0.3 is 5.32 Å². The van der Waals surface area contributed by atoms with Crippen molar-refractivity contribution in [2.24, 2.45) is 0 Å². The lowest BCUT2D eigenvalue weighted by molar-refractivity contribution is -0.126. The lowest BCUT2D eigenvalue weighted by Gasteiger charge is -2.43. The molecule has 9 heteroatoms. The standard InChI is InChI=1S/C23H22N6O2S/c1-13(20(30)28-18-12-8-7-11-17(18)25-21(31)23(28,3)4)32-22-26-16-10-6-5-9-15(16)19-24-14(2)27-29(19)22/h5-13H,1-4H3,(H,25,31). The van der Waals surface area contributed by atoms with Crippen molar-refractivity contribution in [3.8, 4) is 0 Å². The Kier molecular flexibility index (Phi) is 4.67. The number of carbonyl (C=O) groups excluding carboxylic acids is 2. The summed E-state index contributed by atoms with van der Waals surface area (Å²) in [6, 6.07) is 15.1. The molecule has 0 fully saturated rings.